The van der Waals surface area contributed by atoms with Crippen LogP contribution in [0.2, 0.25) is 5.02 Å². The SMILES string of the molecule is Cn1c(CS(C)(=O)=O)cc2cc(Cl)ccc21. The van der Waals surface area contributed by atoms with Crippen LogP contribution in [-0.2, 0) is 22.6 Å². The van der Waals surface area contributed by atoms with Crippen molar-refractivity contribution in [2.45, 2.75) is 5.75 Å². The van der Waals surface area contributed by atoms with Crippen molar-refractivity contribution < 1.29 is 8.42 Å². The van der Waals surface area contributed by atoms with Crippen molar-refractivity contribution in [3.63, 3.8) is 0 Å². The molecular formula is C11H12ClNO2S. The predicted octanol–water partition coefficient (Wildman–Crippen LogP) is 2.38. The molecular weight excluding hydrogens is 246 g/mol. The van der Waals surface area contributed by atoms with Gasteiger partial charge >= 0.3 is 0 Å². The maximum Gasteiger partial charge on any atom is 0.153 e. The van der Waals surface area contributed by atoms with Gasteiger partial charge < -0.3 is 4.57 Å². The van der Waals surface area contributed by atoms with Crippen LogP contribution in [0.3, 0.4) is 0 Å². The van der Waals surface area contributed by atoms with Crippen LogP contribution in [0.15, 0.2) is 24.3 Å². The average Bonchev–Trinajstić information content (AvgIpc) is 2.40. The Labute approximate surface area is 99.6 Å². The molecule has 0 aliphatic rings. The molecule has 3 nitrogen and oxygen atoms in total. The third-order valence-electron chi connectivity index (χ3n) is 2.51. The van der Waals surface area contributed by atoms with E-state index >= 15 is 0 Å². The number of nitrogens with zero attached hydrogens (tertiary/aromatic N) is 1. The van der Waals surface area contributed by atoms with E-state index in [-0.39, 0.29) is 5.75 Å². The molecule has 0 bridgehead atoms. The number of aryl methyl sites for hydroxylation is 1. The van der Waals surface area contributed by atoms with Crippen LogP contribution in [0.4, 0.5) is 0 Å². The van der Waals surface area contributed by atoms with Gasteiger partial charge in [0, 0.05) is 34.9 Å². The number of aromatic nitrogens is 1. The Bertz CT molecular complexity index is 643. The first-order chi connectivity index (χ1) is 7.37. The number of sulfone groups is 1. The molecule has 0 fully saturated rings. The second-order valence-corrected chi connectivity index (χ2v) is 6.54. The highest BCUT2D eigenvalue weighted by Gasteiger charge is 2.11. The fraction of sp³-hybridized carbons (Fsp3) is 0.273. The number of fused-ring (bicyclic) bond motifs is 1. The van der Waals surface area contributed by atoms with Gasteiger partial charge in [0.1, 0.15) is 0 Å². The van der Waals surface area contributed by atoms with Crippen molar-refractivity contribution in [2.24, 2.45) is 7.05 Å². The summed E-state index contributed by atoms with van der Waals surface area (Å²) in [5.41, 5.74) is 1.77. The fourth-order valence-electron chi connectivity index (χ4n) is 1.78. The summed E-state index contributed by atoms with van der Waals surface area (Å²) in [5.74, 6) is 0.0514. The number of benzene rings is 1. The van der Waals surface area contributed by atoms with Crippen molar-refractivity contribution in [1.82, 2.24) is 4.57 Å². The van der Waals surface area contributed by atoms with E-state index in [4.69, 9.17) is 11.6 Å². The van der Waals surface area contributed by atoms with Crippen LogP contribution < -0.4 is 0 Å². The summed E-state index contributed by atoms with van der Waals surface area (Å²) in [6.07, 6.45) is 1.23. The van der Waals surface area contributed by atoms with Gasteiger partial charge in [-0.1, -0.05) is 11.6 Å². The molecule has 0 aliphatic heterocycles. The molecule has 0 spiro atoms. The first-order valence-corrected chi connectivity index (χ1v) is 7.22. The zero-order valence-electron chi connectivity index (χ0n) is 9.07. The van der Waals surface area contributed by atoms with Crippen LogP contribution in [0.1, 0.15) is 5.69 Å². The lowest BCUT2D eigenvalue weighted by Crippen LogP contribution is -2.05. The van der Waals surface area contributed by atoms with E-state index in [2.05, 4.69) is 0 Å². The van der Waals surface area contributed by atoms with Crippen LogP contribution >= 0.6 is 11.6 Å². The summed E-state index contributed by atoms with van der Waals surface area (Å²) in [6.45, 7) is 0. The van der Waals surface area contributed by atoms with Crippen molar-refractivity contribution in [1.29, 1.82) is 0 Å². The van der Waals surface area contributed by atoms with E-state index < -0.39 is 9.84 Å². The molecule has 0 saturated heterocycles. The second kappa shape index (κ2) is 3.79. The van der Waals surface area contributed by atoms with Crippen LogP contribution in [-0.4, -0.2) is 19.2 Å². The zero-order valence-corrected chi connectivity index (χ0v) is 10.6. The number of hydrogen-bond acceptors (Lipinski definition) is 2. The first-order valence-electron chi connectivity index (χ1n) is 4.78. The maximum atomic E-state index is 11.3. The third-order valence-corrected chi connectivity index (χ3v) is 3.57. The van der Waals surface area contributed by atoms with Gasteiger partial charge in [-0.15, -0.1) is 0 Å². The van der Waals surface area contributed by atoms with Gasteiger partial charge in [-0.3, -0.25) is 0 Å². The van der Waals surface area contributed by atoms with Crippen LogP contribution in [0.5, 0.6) is 0 Å². The van der Waals surface area contributed by atoms with Gasteiger partial charge in [-0.05, 0) is 24.3 Å². The molecule has 86 valence electrons. The number of hydrogen-bond donors (Lipinski definition) is 0. The lowest BCUT2D eigenvalue weighted by molar-refractivity contribution is 0.599. The predicted molar refractivity (Wildman–Crippen MR) is 66.5 cm³/mol. The Balaban J connectivity index is 2.60. The van der Waals surface area contributed by atoms with Crippen molar-refractivity contribution in [2.75, 3.05) is 6.26 Å². The topological polar surface area (TPSA) is 39.1 Å². The lowest BCUT2D eigenvalue weighted by atomic mass is 10.2. The summed E-state index contributed by atoms with van der Waals surface area (Å²) in [5, 5.41) is 1.62. The molecule has 5 heteroatoms. The van der Waals surface area contributed by atoms with Gasteiger partial charge in [-0.25, -0.2) is 8.42 Å². The smallest absolute Gasteiger partial charge is 0.153 e. The summed E-state index contributed by atoms with van der Waals surface area (Å²) in [4.78, 5) is 0. The molecule has 16 heavy (non-hydrogen) atoms. The van der Waals surface area contributed by atoms with Gasteiger partial charge in [-0.2, -0.15) is 0 Å². The normalized spacial score (nSPS) is 12.2. The van der Waals surface area contributed by atoms with E-state index in [0.717, 1.165) is 16.6 Å². The largest absolute Gasteiger partial charge is 0.347 e. The number of rotatable bonds is 2. The summed E-state index contributed by atoms with van der Waals surface area (Å²) in [7, 11) is -1.15. The molecule has 0 radical (unpaired) electrons. The van der Waals surface area contributed by atoms with E-state index in [1.54, 1.807) is 6.07 Å². The minimum absolute atomic E-state index is 0.0514. The highest BCUT2D eigenvalue weighted by Crippen LogP contribution is 2.23. The molecule has 0 amide bonds. The Kier molecular flexibility index (Phi) is 2.72. The summed E-state index contributed by atoms with van der Waals surface area (Å²) >= 11 is 5.89. The molecule has 0 atom stereocenters. The minimum atomic E-state index is -3.01. The minimum Gasteiger partial charge on any atom is -0.347 e. The second-order valence-electron chi connectivity index (χ2n) is 3.97. The Morgan fingerprint density at radius 3 is 2.62 bits per heavy atom. The molecule has 1 heterocycles. The third kappa shape index (κ3) is 2.23. The molecule has 0 unspecified atom stereocenters. The average molecular weight is 258 g/mol. The Morgan fingerprint density at radius 2 is 2.00 bits per heavy atom. The molecule has 1 aromatic heterocycles. The molecule has 0 saturated carbocycles. The fourth-order valence-corrected chi connectivity index (χ4v) is 2.78. The molecule has 2 aromatic rings. The van der Waals surface area contributed by atoms with Crippen molar-refractivity contribution in [3.8, 4) is 0 Å². The summed E-state index contributed by atoms with van der Waals surface area (Å²) in [6, 6.07) is 7.39. The zero-order chi connectivity index (χ0) is 11.9. The van der Waals surface area contributed by atoms with E-state index in [1.807, 2.05) is 29.8 Å². The molecule has 0 aliphatic carbocycles. The Hall–Kier alpha value is -1.00. The van der Waals surface area contributed by atoms with Crippen molar-refractivity contribution >= 4 is 32.3 Å². The monoisotopic (exact) mass is 257 g/mol. The molecule has 1 aromatic carbocycles. The first kappa shape index (κ1) is 11.5. The van der Waals surface area contributed by atoms with Crippen LogP contribution in [0, 0.1) is 0 Å². The highest BCUT2D eigenvalue weighted by atomic mass is 35.5. The van der Waals surface area contributed by atoms with Gasteiger partial charge in [0.15, 0.2) is 9.84 Å². The van der Waals surface area contributed by atoms with Gasteiger partial charge in [0.25, 0.3) is 0 Å². The van der Waals surface area contributed by atoms with Crippen molar-refractivity contribution in [3.05, 3.63) is 35.0 Å². The number of halogens is 1. The molecule has 0 N–H and O–H groups in total. The Morgan fingerprint density at radius 1 is 1.31 bits per heavy atom. The molecule has 2 rings (SSSR count). The van der Waals surface area contributed by atoms with E-state index in [0.29, 0.717) is 5.02 Å². The lowest BCUT2D eigenvalue weighted by Gasteiger charge is -2.02. The maximum absolute atomic E-state index is 11.3. The highest BCUT2D eigenvalue weighted by molar-refractivity contribution is 7.89. The summed E-state index contributed by atoms with van der Waals surface area (Å²) < 4.78 is 24.4. The van der Waals surface area contributed by atoms with Gasteiger partial charge in [0.05, 0.1) is 5.75 Å². The van der Waals surface area contributed by atoms with Crippen LogP contribution in [0.25, 0.3) is 10.9 Å². The quantitative estimate of drug-likeness (QED) is 0.829. The van der Waals surface area contributed by atoms with Gasteiger partial charge in [0.2, 0.25) is 0 Å². The van der Waals surface area contributed by atoms with E-state index in [9.17, 15) is 8.42 Å². The standard InChI is InChI=1S/C11H12ClNO2S/c1-13-10(7-16(2,14)15)6-8-5-9(12)3-4-11(8)13/h3-6H,7H2,1-2H3. The van der Waals surface area contributed by atoms with E-state index in [1.165, 1.54) is 6.26 Å².